The molecule has 0 spiro atoms. The minimum absolute atomic E-state index is 0.174. The molecule has 2 amide bonds. The Morgan fingerprint density at radius 2 is 1.39 bits per heavy atom. The third-order valence-electron chi connectivity index (χ3n) is 5.30. The molecule has 0 aliphatic heterocycles. The van der Waals surface area contributed by atoms with Gasteiger partial charge in [0.1, 0.15) is 6.04 Å². The van der Waals surface area contributed by atoms with Gasteiger partial charge in [0.05, 0.1) is 0 Å². The number of hydrogen-bond donors (Lipinski definition) is 2. The second kappa shape index (κ2) is 11.1. The molecule has 31 heavy (non-hydrogen) atoms. The molecule has 160 valence electrons. The molecule has 0 radical (unpaired) electrons. The van der Waals surface area contributed by atoms with E-state index in [2.05, 4.69) is 48.7 Å². The lowest BCUT2D eigenvalue weighted by Gasteiger charge is -2.19. The summed E-state index contributed by atoms with van der Waals surface area (Å²) in [4.78, 5) is 25.6. The molecule has 2 N–H and O–H groups in total. The highest BCUT2D eigenvalue weighted by Crippen LogP contribution is 2.14. The summed E-state index contributed by atoms with van der Waals surface area (Å²) in [6.07, 6.45) is 1.18. The molecule has 1 atom stereocenters. The Kier molecular flexibility index (Phi) is 7.99. The van der Waals surface area contributed by atoms with E-state index in [-0.39, 0.29) is 11.8 Å². The number of carbonyl (C=O) groups excluding carboxylic acids is 2. The molecule has 0 saturated carbocycles. The van der Waals surface area contributed by atoms with Gasteiger partial charge in [-0.3, -0.25) is 9.59 Å². The first-order valence-electron chi connectivity index (χ1n) is 10.8. The summed E-state index contributed by atoms with van der Waals surface area (Å²) in [5.74, 6) is 0.0774. The van der Waals surface area contributed by atoms with Crippen LogP contribution in [0.25, 0.3) is 0 Å². The van der Waals surface area contributed by atoms with E-state index in [1.165, 1.54) is 11.1 Å². The predicted molar refractivity (Wildman–Crippen MR) is 125 cm³/mol. The van der Waals surface area contributed by atoms with Crippen LogP contribution in [0.1, 0.15) is 46.8 Å². The van der Waals surface area contributed by atoms with Crippen molar-refractivity contribution in [2.24, 2.45) is 0 Å². The maximum Gasteiger partial charge on any atom is 0.251 e. The summed E-state index contributed by atoms with van der Waals surface area (Å²) in [7, 11) is 0. The summed E-state index contributed by atoms with van der Waals surface area (Å²) in [5.41, 5.74) is 4.02. The molecule has 3 aromatic rings. The second-order valence-corrected chi connectivity index (χ2v) is 8.02. The molecular weight excluding hydrogens is 384 g/mol. The quantitative estimate of drug-likeness (QED) is 0.541. The molecular formula is C27H30N2O2. The van der Waals surface area contributed by atoms with Crippen LogP contribution in [-0.2, 0) is 17.6 Å². The Morgan fingerprint density at radius 1 is 0.774 bits per heavy atom. The van der Waals surface area contributed by atoms with E-state index >= 15 is 0 Å². The molecule has 3 aromatic carbocycles. The first-order chi connectivity index (χ1) is 15.0. The van der Waals surface area contributed by atoms with E-state index in [0.717, 1.165) is 12.0 Å². The van der Waals surface area contributed by atoms with Crippen LogP contribution < -0.4 is 10.6 Å². The SMILES string of the molecule is CC(C)c1ccc(CCNC(=O)[C@@H](Cc2ccccc2)NC(=O)c2ccccc2)cc1. The zero-order valence-corrected chi connectivity index (χ0v) is 18.2. The fraction of sp³-hybridized carbons (Fsp3) is 0.259. The van der Waals surface area contributed by atoms with E-state index in [4.69, 9.17) is 0 Å². The van der Waals surface area contributed by atoms with Crippen LogP contribution in [0, 0.1) is 0 Å². The van der Waals surface area contributed by atoms with Gasteiger partial charge in [0.15, 0.2) is 0 Å². The maximum atomic E-state index is 12.9. The van der Waals surface area contributed by atoms with Crippen molar-refractivity contribution in [3.8, 4) is 0 Å². The normalized spacial score (nSPS) is 11.7. The number of amides is 2. The summed E-state index contributed by atoms with van der Waals surface area (Å²) in [6.45, 7) is 4.87. The van der Waals surface area contributed by atoms with Crippen molar-refractivity contribution in [1.29, 1.82) is 0 Å². The minimum Gasteiger partial charge on any atom is -0.354 e. The number of nitrogens with one attached hydrogen (secondary N) is 2. The largest absolute Gasteiger partial charge is 0.354 e. The van der Waals surface area contributed by atoms with Crippen molar-refractivity contribution in [3.05, 3.63) is 107 Å². The van der Waals surface area contributed by atoms with Gasteiger partial charge >= 0.3 is 0 Å². The third-order valence-corrected chi connectivity index (χ3v) is 5.30. The Labute approximate surface area is 184 Å². The summed E-state index contributed by atoms with van der Waals surface area (Å²) >= 11 is 0. The highest BCUT2D eigenvalue weighted by molar-refractivity contribution is 5.97. The van der Waals surface area contributed by atoms with Gasteiger partial charge in [0.25, 0.3) is 5.91 Å². The number of rotatable bonds is 9. The molecule has 0 bridgehead atoms. The highest BCUT2D eigenvalue weighted by Gasteiger charge is 2.21. The monoisotopic (exact) mass is 414 g/mol. The summed E-state index contributed by atoms with van der Waals surface area (Å²) in [6, 6.07) is 26.6. The summed E-state index contributed by atoms with van der Waals surface area (Å²) < 4.78 is 0. The molecule has 4 nitrogen and oxygen atoms in total. The van der Waals surface area contributed by atoms with Crippen LogP contribution in [0.2, 0.25) is 0 Å². The van der Waals surface area contributed by atoms with Gasteiger partial charge in [-0.25, -0.2) is 0 Å². The molecule has 0 aromatic heterocycles. The molecule has 0 unspecified atom stereocenters. The molecule has 3 rings (SSSR count). The van der Waals surface area contributed by atoms with Gasteiger partial charge in [-0.2, -0.15) is 0 Å². The lowest BCUT2D eigenvalue weighted by molar-refractivity contribution is -0.122. The van der Waals surface area contributed by atoms with Gasteiger partial charge in [-0.15, -0.1) is 0 Å². The minimum atomic E-state index is -0.640. The smallest absolute Gasteiger partial charge is 0.251 e. The van der Waals surface area contributed by atoms with Crippen LogP contribution in [0.4, 0.5) is 0 Å². The van der Waals surface area contributed by atoms with Crippen molar-refractivity contribution < 1.29 is 9.59 Å². The van der Waals surface area contributed by atoms with Crippen molar-refractivity contribution in [2.75, 3.05) is 6.54 Å². The van der Waals surface area contributed by atoms with Crippen LogP contribution in [0.5, 0.6) is 0 Å². The van der Waals surface area contributed by atoms with Crippen LogP contribution in [0.15, 0.2) is 84.9 Å². The Morgan fingerprint density at radius 3 is 2.00 bits per heavy atom. The number of benzene rings is 3. The average Bonchev–Trinajstić information content (AvgIpc) is 2.80. The Hall–Kier alpha value is -3.40. The van der Waals surface area contributed by atoms with E-state index in [1.807, 2.05) is 48.5 Å². The van der Waals surface area contributed by atoms with Gasteiger partial charge < -0.3 is 10.6 Å². The van der Waals surface area contributed by atoms with Gasteiger partial charge in [0, 0.05) is 18.5 Å². The van der Waals surface area contributed by atoms with Gasteiger partial charge in [0.2, 0.25) is 5.91 Å². The van der Waals surface area contributed by atoms with E-state index in [9.17, 15) is 9.59 Å². The molecule has 0 fully saturated rings. The number of carbonyl (C=O) groups is 2. The van der Waals surface area contributed by atoms with E-state index in [0.29, 0.717) is 24.4 Å². The molecule has 0 aliphatic rings. The van der Waals surface area contributed by atoms with Crippen molar-refractivity contribution in [3.63, 3.8) is 0 Å². The third kappa shape index (κ3) is 6.82. The topological polar surface area (TPSA) is 58.2 Å². The lowest BCUT2D eigenvalue weighted by Crippen LogP contribution is -2.48. The summed E-state index contributed by atoms with van der Waals surface area (Å²) in [5, 5.41) is 5.89. The van der Waals surface area contributed by atoms with Crippen LogP contribution in [-0.4, -0.2) is 24.4 Å². The van der Waals surface area contributed by atoms with Crippen LogP contribution >= 0.6 is 0 Å². The maximum absolute atomic E-state index is 12.9. The molecule has 0 heterocycles. The molecule has 0 aliphatic carbocycles. The van der Waals surface area contributed by atoms with Crippen LogP contribution in [0.3, 0.4) is 0 Å². The van der Waals surface area contributed by atoms with Crippen molar-refractivity contribution >= 4 is 11.8 Å². The Bertz CT molecular complexity index is 967. The molecule has 4 heteroatoms. The first-order valence-corrected chi connectivity index (χ1v) is 10.8. The van der Waals surface area contributed by atoms with E-state index in [1.54, 1.807) is 12.1 Å². The van der Waals surface area contributed by atoms with E-state index < -0.39 is 6.04 Å². The number of hydrogen-bond acceptors (Lipinski definition) is 2. The zero-order chi connectivity index (χ0) is 22.1. The lowest BCUT2D eigenvalue weighted by atomic mass is 10.0. The second-order valence-electron chi connectivity index (χ2n) is 8.02. The van der Waals surface area contributed by atoms with Crippen molar-refractivity contribution in [1.82, 2.24) is 10.6 Å². The molecule has 0 saturated heterocycles. The highest BCUT2D eigenvalue weighted by atomic mass is 16.2. The van der Waals surface area contributed by atoms with Gasteiger partial charge in [-0.05, 0) is 41.2 Å². The standard InChI is InChI=1S/C27H30N2O2/c1-20(2)23-15-13-21(14-16-23)17-18-28-27(31)25(19-22-9-5-3-6-10-22)29-26(30)24-11-7-4-8-12-24/h3-16,20,25H,17-19H2,1-2H3,(H,28,31)(H,29,30)/t25-/m1/s1. The van der Waals surface area contributed by atoms with Gasteiger partial charge in [-0.1, -0.05) is 86.6 Å². The zero-order valence-electron chi connectivity index (χ0n) is 18.2. The fourth-order valence-corrected chi connectivity index (χ4v) is 3.41. The first kappa shape index (κ1) is 22.3. The fourth-order valence-electron chi connectivity index (χ4n) is 3.41. The van der Waals surface area contributed by atoms with Crippen molar-refractivity contribution in [2.45, 2.75) is 38.6 Å². The Balaban J connectivity index is 1.61. The predicted octanol–water partition coefficient (Wildman–Crippen LogP) is 4.51. The average molecular weight is 415 g/mol.